The number of primary amides is 1. The van der Waals surface area contributed by atoms with Gasteiger partial charge in [0.15, 0.2) is 0 Å². The number of piperazine rings is 1. The first kappa shape index (κ1) is 18.4. The molecule has 0 saturated carbocycles. The summed E-state index contributed by atoms with van der Waals surface area (Å²) in [6.45, 7) is 1.32. The monoisotopic (exact) mass is 375 g/mol. The average molecular weight is 375 g/mol. The number of nitrogens with zero attached hydrogens (tertiary/aromatic N) is 1. The summed E-state index contributed by atoms with van der Waals surface area (Å²) >= 11 is 0. The van der Waals surface area contributed by atoms with Gasteiger partial charge in [-0.05, 0) is 24.3 Å². The zero-order valence-electron chi connectivity index (χ0n) is 14.4. The second-order valence-corrected chi connectivity index (χ2v) is 7.86. The third-order valence-electron chi connectivity index (χ3n) is 4.42. The molecule has 1 fully saturated rings. The lowest BCUT2D eigenvalue weighted by Gasteiger charge is -2.36. The van der Waals surface area contributed by atoms with Crippen molar-refractivity contribution >= 4 is 15.9 Å². The highest BCUT2D eigenvalue weighted by atomic mass is 32.2. The van der Waals surface area contributed by atoms with Crippen molar-refractivity contribution in [3.05, 3.63) is 59.7 Å². The standard InChI is InChI=1S/C18H21N3O4S/c1-25-17-8-3-2-7-15(17)16-12-20-9-10-21(16)26(23,24)14-6-4-5-13(11-14)18(19)22/h2-8,11,16,20H,9-10,12H2,1H3,(H2,19,22). The number of hydrogen-bond acceptors (Lipinski definition) is 5. The number of carbonyl (C=O) groups is 1. The molecular formula is C18H21N3O4S. The molecule has 138 valence electrons. The summed E-state index contributed by atoms with van der Waals surface area (Å²) in [5.41, 5.74) is 6.24. The first-order valence-electron chi connectivity index (χ1n) is 8.20. The lowest BCUT2D eigenvalue weighted by Crippen LogP contribution is -2.48. The van der Waals surface area contributed by atoms with Gasteiger partial charge in [0, 0.05) is 30.8 Å². The molecule has 1 heterocycles. The molecule has 0 aliphatic carbocycles. The fourth-order valence-corrected chi connectivity index (χ4v) is 4.78. The van der Waals surface area contributed by atoms with Gasteiger partial charge in [0.05, 0.1) is 18.0 Å². The highest BCUT2D eigenvalue weighted by molar-refractivity contribution is 7.89. The van der Waals surface area contributed by atoms with Gasteiger partial charge in [-0.2, -0.15) is 4.31 Å². The summed E-state index contributed by atoms with van der Waals surface area (Å²) in [7, 11) is -2.25. The van der Waals surface area contributed by atoms with E-state index in [1.807, 2.05) is 24.3 Å². The predicted octanol–water partition coefficient (Wildman–Crippen LogP) is 1.13. The molecular weight excluding hydrogens is 354 g/mol. The molecule has 1 saturated heterocycles. The first-order valence-corrected chi connectivity index (χ1v) is 9.64. The van der Waals surface area contributed by atoms with E-state index < -0.39 is 22.0 Å². The minimum Gasteiger partial charge on any atom is -0.496 e. The first-order chi connectivity index (χ1) is 12.4. The van der Waals surface area contributed by atoms with Gasteiger partial charge in [-0.15, -0.1) is 0 Å². The zero-order valence-corrected chi connectivity index (χ0v) is 15.2. The Bertz CT molecular complexity index is 914. The Balaban J connectivity index is 2.04. The minimum absolute atomic E-state index is 0.0515. The fraction of sp³-hybridized carbons (Fsp3) is 0.278. The number of nitrogens with two attached hydrogens (primary N) is 1. The van der Waals surface area contributed by atoms with E-state index in [4.69, 9.17) is 10.5 Å². The van der Waals surface area contributed by atoms with E-state index in [1.54, 1.807) is 7.11 Å². The number of methoxy groups -OCH3 is 1. The van der Waals surface area contributed by atoms with Crippen molar-refractivity contribution in [3.63, 3.8) is 0 Å². The lowest BCUT2D eigenvalue weighted by atomic mass is 10.0. The quantitative estimate of drug-likeness (QED) is 0.816. The predicted molar refractivity (Wildman–Crippen MR) is 97.5 cm³/mol. The van der Waals surface area contributed by atoms with Crippen molar-refractivity contribution in [2.24, 2.45) is 5.73 Å². The van der Waals surface area contributed by atoms with E-state index in [0.29, 0.717) is 25.4 Å². The number of carbonyl (C=O) groups excluding carboxylic acids is 1. The highest BCUT2D eigenvalue weighted by Crippen LogP contribution is 2.34. The molecule has 1 unspecified atom stereocenters. The van der Waals surface area contributed by atoms with Gasteiger partial charge >= 0.3 is 0 Å². The van der Waals surface area contributed by atoms with E-state index in [-0.39, 0.29) is 10.5 Å². The number of ether oxygens (including phenoxy) is 1. The maximum atomic E-state index is 13.3. The molecule has 1 amide bonds. The van der Waals surface area contributed by atoms with Crippen LogP contribution in [0.2, 0.25) is 0 Å². The van der Waals surface area contributed by atoms with Crippen LogP contribution in [0, 0.1) is 0 Å². The third-order valence-corrected chi connectivity index (χ3v) is 6.32. The van der Waals surface area contributed by atoms with Crippen LogP contribution in [0.25, 0.3) is 0 Å². The normalized spacial score (nSPS) is 18.4. The lowest BCUT2D eigenvalue weighted by molar-refractivity contribution is 0.1000. The Kier molecular flexibility index (Phi) is 5.26. The van der Waals surface area contributed by atoms with Crippen molar-refractivity contribution in [3.8, 4) is 5.75 Å². The van der Waals surface area contributed by atoms with Crippen LogP contribution in [0.4, 0.5) is 0 Å². The molecule has 3 rings (SSSR count). The minimum atomic E-state index is -3.81. The van der Waals surface area contributed by atoms with Gasteiger partial charge in [0.2, 0.25) is 15.9 Å². The molecule has 2 aromatic rings. The average Bonchev–Trinajstić information content (AvgIpc) is 2.68. The van der Waals surface area contributed by atoms with Crippen LogP contribution in [-0.2, 0) is 10.0 Å². The second kappa shape index (κ2) is 7.45. The summed E-state index contributed by atoms with van der Waals surface area (Å²) in [6.07, 6.45) is 0. The van der Waals surface area contributed by atoms with Crippen molar-refractivity contribution < 1.29 is 17.9 Å². The molecule has 1 aliphatic rings. The third kappa shape index (κ3) is 3.44. The second-order valence-electron chi connectivity index (χ2n) is 5.97. The van der Waals surface area contributed by atoms with Gasteiger partial charge in [0.25, 0.3) is 0 Å². The summed E-state index contributed by atoms with van der Waals surface area (Å²) in [6, 6.07) is 12.8. The van der Waals surface area contributed by atoms with Gasteiger partial charge < -0.3 is 15.8 Å². The molecule has 8 heteroatoms. The van der Waals surface area contributed by atoms with E-state index >= 15 is 0 Å². The van der Waals surface area contributed by atoms with Crippen molar-refractivity contribution in [1.82, 2.24) is 9.62 Å². The Hall–Kier alpha value is -2.42. The Labute approximate surface area is 152 Å². The summed E-state index contributed by atoms with van der Waals surface area (Å²) < 4.78 is 33.4. The molecule has 1 aliphatic heterocycles. The number of amides is 1. The number of hydrogen-bond donors (Lipinski definition) is 2. The van der Waals surface area contributed by atoms with Gasteiger partial charge in [0.1, 0.15) is 5.75 Å². The van der Waals surface area contributed by atoms with Crippen molar-refractivity contribution in [2.45, 2.75) is 10.9 Å². The zero-order chi connectivity index (χ0) is 18.7. The molecule has 0 spiro atoms. The van der Waals surface area contributed by atoms with Crippen LogP contribution < -0.4 is 15.8 Å². The van der Waals surface area contributed by atoms with E-state index in [9.17, 15) is 13.2 Å². The van der Waals surface area contributed by atoms with Gasteiger partial charge in [-0.3, -0.25) is 4.79 Å². The number of rotatable bonds is 5. The number of para-hydroxylation sites is 1. The Morgan fingerprint density at radius 3 is 2.73 bits per heavy atom. The molecule has 2 aromatic carbocycles. The number of benzene rings is 2. The van der Waals surface area contributed by atoms with Crippen LogP contribution >= 0.6 is 0 Å². The van der Waals surface area contributed by atoms with E-state index in [0.717, 1.165) is 5.56 Å². The molecule has 1 atom stereocenters. The summed E-state index contributed by atoms with van der Waals surface area (Å²) in [5, 5.41) is 3.23. The van der Waals surface area contributed by atoms with Crippen LogP contribution in [0.5, 0.6) is 5.75 Å². The largest absolute Gasteiger partial charge is 0.496 e. The molecule has 0 radical (unpaired) electrons. The maximum Gasteiger partial charge on any atom is 0.248 e. The van der Waals surface area contributed by atoms with Crippen LogP contribution in [-0.4, -0.2) is 45.4 Å². The van der Waals surface area contributed by atoms with Gasteiger partial charge in [-0.25, -0.2) is 8.42 Å². The van der Waals surface area contributed by atoms with Crippen LogP contribution in [0.1, 0.15) is 22.0 Å². The van der Waals surface area contributed by atoms with Crippen molar-refractivity contribution in [1.29, 1.82) is 0 Å². The summed E-state index contributed by atoms with van der Waals surface area (Å²) in [4.78, 5) is 11.5. The molecule has 3 N–H and O–H groups in total. The molecule has 0 aromatic heterocycles. The Morgan fingerprint density at radius 1 is 1.23 bits per heavy atom. The summed E-state index contributed by atoms with van der Waals surface area (Å²) in [5.74, 6) is -0.0315. The topological polar surface area (TPSA) is 102 Å². The highest BCUT2D eigenvalue weighted by Gasteiger charge is 2.35. The van der Waals surface area contributed by atoms with Crippen LogP contribution in [0.15, 0.2) is 53.4 Å². The molecule has 7 nitrogen and oxygen atoms in total. The van der Waals surface area contributed by atoms with Crippen LogP contribution in [0.3, 0.4) is 0 Å². The van der Waals surface area contributed by atoms with E-state index in [2.05, 4.69) is 5.32 Å². The maximum absolute atomic E-state index is 13.3. The fourth-order valence-electron chi connectivity index (χ4n) is 3.13. The van der Waals surface area contributed by atoms with Gasteiger partial charge in [-0.1, -0.05) is 24.3 Å². The SMILES string of the molecule is COc1ccccc1C1CNCCN1S(=O)(=O)c1cccc(C(N)=O)c1. The number of sulfonamides is 1. The molecule has 0 bridgehead atoms. The molecule has 26 heavy (non-hydrogen) atoms. The van der Waals surface area contributed by atoms with E-state index in [1.165, 1.54) is 28.6 Å². The smallest absolute Gasteiger partial charge is 0.248 e. The Morgan fingerprint density at radius 2 is 2.00 bits per heavy atom. The number of nitrogens with one attached hydrogen (secondary N) is 1. The van der Waals surface area contributed by atoms with Crippen molar-refractivity contribution in [2.75, 3.05) is 26.7 Å².